The molecular formula is C22H27NO3S. The van der Waals surface area contributed by atoms with E-state index in [1.54, 1.807) is 11.9 Å². The van der Waals surface area contributed by atoms with E-state index in [1.807, 2.05) is 42.5 Å². The van der Waals surface area contributed by atoms with Crippen LogP contribution in [0.15, 0.2) is 54.6 Å². The third-order valence-electron chi connectivity index (χ3n) is 5.32. The van der Waals surface area contributed by atoms with E-state index in [0.29, 0.717) is 6.54 Å². The zero-order valence-corrected chi connectivity index (χ0v) is 16.6. The topological polar surface area (TPSA) is 54.5 Å². The van der Waals surface area contributed by atoms with Crippen molar-refractivity contribution in [2.24, 2.45) is 0 Å². The lowest BCUT2D eigenvalue weighted by Gasteiger charge is -2.18. The van der Waals surface area contributed by atoms with E-state index in [4.69, 9.17) is 0 Å². The smallest absolute Gasteiger partial charge is 0.223 e. The Morgan fingerprint density at radius 3 is 2.19 bits per heavy atom. The maximum absolute atomic E-state index is 12.4. The fraction of sp³-hybridized carbons (Fsp3) is 0.409. The van der Waals surface area contributed by atoms with E-state index in [-0.39, 0.29) is 23.3 Å². The predicted octanol–water partition coefficient (Wildman–Crippen LogP) is 4.06. The summed E-state index contributed by atoms with van der Waals surface area (Å²) in [4.78, 5) is 14.0. The normalized spacial score (nSPS) is 15.0. The van der Waals surface area contributed by atoms with Gasteiger partial charge in [-0.2, -0.15) is 0 Å². The molecule has 1 aliphatic carbocycles. The van der Waals surface area contributed by atoms with Gasteiger partial charge in [-0.15, -0.1) is 0 Å². The predicted molar refractivity (Wildman–Crippen MR) is 109 cm³/mol. The van der Waals surface area contributed by atoms with Gasteiger partial charge in [0.05, 0.1) is 11.0 Å². The molecule has 0 radical (unpaired) electrons. The lowest BCUT2D eigenvalue weighted by molar-refractivity contribution is -0.130. The summed E-state index contributed by atoms with van der Waals surface area (Å²) < 4.78 is 24.6. The second kappa shape index (κ2) is 8.70. The van der Waals surface area contributed by atoms with E-state index in [0.717, 1.165) is 42.4 Å². The van der Waals surface area contributed by atoms with E-state index in [1.165, 1.54) is 0 Å². The molecule has 0 aromatic heterocycles. The molecule has 1 amide bonds. The maximum atomic E-state index is 12.4. The van der Waals surface area contributed by atoms with Crippen LogP contribution in [0, 0.1) is 0 Å². The summed E-state index contributed by atoms with van der Waals surface area (Å²) in [6.07, 6.45) is 3.53. The Morgan fingerprint density at radius 1 is 0.963 bits per heavy atom. The van der Waals surface area contributed by atoms with Gasteiger partial charge < -0.3 is 4.90 Å². The minimum atomic E-state index is -3.15. The van der Waals surface area contributed by atoms with Crippen LogP contribution in [0.3, 0.4) is 0 Å². The van der Waals surface area contributed by atoms with Crippen molar-refractivity contribution in [3.05, 3.63) is 60.2 Å². The van der Waals surface area contributed by atoms with Crippen LogP contribution in [0.5, 0.6) is 0 Å². The third-order valence-corrected chi connectivity index (χ3v) is 7.58. The Bertz CT molecular complexity index is 854. The van der Waals surface area contributed by atoms with Gasteiger partial charge in [0.15, 0.2) is 9.84 Å². The van der Waals surface area contributed by atoms with Gasteiger partial charge in [0.2, 0.25) is 5.91 Å². The molecule has 2 aromatic carbocycles. The molecule has 0 spiro atoms. The van der Waals surface area contributed by atoms with Crippen molar-refractivity contribution in [1.82, 2.24) is 4.90 Å². The molecule has 0 N–H and O–H groups in total. The molecule has 27 heavy (non-hydrogen) atoms. The van der Waals surface area contributed by atoms with Crippen molar-refractivity contribution < 1.29 is 13.2 Å². The summed E-state index contributed by atoms with van der Waals surface area (Å²) >= 11 is 0. The van der Waals surface area contributed by atoms with Crippen molar-refractivity contribution in [3.8, 4) is 11.1 Å². The van der Waals surface area contributed by atoms with Crippen molar-refractivity contribution >= 4 is 15.7 Å². The molecule has 0 aliphatic heterocycles. The summed E-state index contributed by atoms with van der Waals surface area (Å²) in [6.45, 7) is 0.484. The van der Waals surface area contributed by atoms with Crippen molar-refractivity contribution in [2.75, 3.05) is 12.8 Å². The first-order valence-electron chi connectivity index (χ1n) is 9.55. The van der Waals surface area contributed by atoms with Gasteiger partial charge in [-0.1, -0.05) is 67.4 Å². The SMILES string of the molecule is CN(Cc1ccc(-c2ccccc2)cc1)C(=O)CCS(=O)(=O)C1CCCC1. The van der Waals surface area contributed by atoms with Crippen LogP contribution in [-0.2, 0) is 21.2 Å². The number of amides is 1. The summed E-state index contributed by atoms with van der Waals surface area (Å²) in [6, 6.07) is 18.3. The number of carbonyl (C=O) groups excluding carboxylic acids is 1. The Kier molecular flexibility index (Phi) is 6.32. The average molecular weight is 386 g/mol. The highest BCUT2D eigenvalue weighted by Gasteiger charge is 2.29. The summed E-state index contributed by atoms with van der Waals surface area (Å²) in [5.74, 6) is -0.156. The van der Waals surface area contributed by atoms with Crippen LogP contribution in [0.1, 0.15) is 37.7 Å². The number of nitrogens with zero attached hydrogens (tertiary/aromatic N) is 1. The minimum Gasteiger partial charge on any atom is -0.341 e. The first kappa shape index (κ1) is 19.6. The second-order valence-electron chi connectivity index (χ2n) is 7.34. The lowest BCUT2D eigenvalue weighted by Crippen LogP contribution is -2.30. The lowest BCUT2D eigenvalue weighted by atomic mass is 10.0. The second-order valence-corrected chi connectivity index (χ2v) is 9.74. The third kappa shape index (κ3) is 5.19. The quantitative estimate of drug-likeness (QED) is 0.722. The van der Waals surface area contributed by atoms with E-state index >= 15 is 0 Å². The van der Waals surface area contributed by atoms with Gasteiger partial charge in [-0.05, 0) is 29.5 Å². The Morgan fingerprint density at radius 2 is 1.56 bits per heavy atom. The molecule has 144 valence electrons. The van der Waals surface area contributed by atoms with Crippen LogP contribution >= 0.6 is 0 Å². The molecule has 1 aliphatic rings. The van der Waals surface area contributed by atoms with E-state index in [2.05, 4.69) is 12.1 Å². The highest BCUT2D eigenvalue weighted by molar-refractivity contribution is 7.92. The number of carbonyl (C=O) groups is 1. The number of hydrogen-bond acceptors (Lipinski definition) is 3. The highest BCUT2D eigenvalue weighted by Crippen LogP contribution is 2.25. The summed E-state index contributed by atoms with van der Waals surface area (Å²) in [7, 11) is -1.41. The van der Waals surface area contributed by atoms with Crippen LogP contribution in [0.4, 0.5) is 0 Å². The van der Waals surface area contributed by atoms with E-state index in [9.17, 15) is 13.2 Å². The first-order valence-corrected chi connectivity index (χ1v) is 11.3. The molecule has 0 atom stereocenters. The molecule has 5 heteroatoms. The van der Waals surface area contributed by atoms with Crippen LogP contribution in [-0.4, -0.2) is 37.3 Å². The maximum Gasteiger partial charge on any atom is 0.223 e. The zero-order chi connectivity index (χ0) is 19.3. The van der Waals surface area contributed by atoms with Crippen molar-refractivity contribution in [3.63, 3.8) is 0 Å². The Hall–Kier alpha value is -2.14. The molecular weight excluding hydrogens is 358 g/mol. The van der Waals surface area contributed by atoms with Crippen LogP contribution in [0.2, 0.25) is 0 Å². The molecule has 0 heterocycles. The van der Waals surface area contributed by atoms with Crippen molar-refractivity contribution in [1.29, 1.82) is 0 Å². The largest absolute Gasteiger partial charge is 0.341 e. The van der Waals surface area contributed by atoms with Crippen LogP contribution < -0.4 is 0 Å². The van der Waals surface area contributed by atoms with Gasteiger partial charge in [0.25, 0.3) is 0 Å². The van der Waals surface area contributed by atoms with Gasteiger partial charge >= 0.3 is 0 Å². The fourth-order valence-corrected chi connectivity index (χ4v) is 5.47. The average Bonchev–Trinajstić information content (AvgIpc) is 3.23. The van der Waals surface area contributed by atoms with Gasteiger partial charge in [-0.25, -0.2) is 8.42 Å². The molecule has 1 saturated carbocycles. The molecule has 1 fully saturated rings. The minimum absolute atomic E-state index is 0.0339. The molecule has 2 aromatic rings. The van der Waals surface area contributed by atoms with Crippen molar-refractivity contribution in [2.45, 2.75) is 43.9 Å². The molecule has 0 unspecified atom stereocenters. The Labute approximate surface area is 162 Å². The monoisotopic (exact) mass is 385 g/mol. The zero-order valence-electron chi connectivity index (χ0n) is 15.8. The summed E-state index contributed by atoms with van der Waals surface area (Å²) in [5, 5.41) is -0.235. The highest BCUT2D eigenvalue weighted by atomic mass is 32.2. The standard InChI is InChI=1S/C22H27NO3S/c1-23(22(24)15-16-27(25,26)21-9-5-6-10-21)17-18-11-13-20(14-12-18)19-7-3-2-4-8-19/h2-4,7-8,11-14,21H,5-6,9-10,15-17H2,1H3. The van der Waals surface area contributed by atoms with E-state index < -0.39 is 9.84 Å². The number of hydrogen-bond donors (Lipinski definition) is 0. The number of sulfone groups is 1. The van der Waals surface area contributed by atoms with Gasteiger partial charge in [0.1, 0.15) is 0 Å². The molecule has 0 saturated heterocycles. The first-order chi connectivity index (χ1) is 13.0. The number of rotatable bonds is 7. The van der Waals surface area contributed by atoms with Crippen LogP contribution in [0.25, 0.3) is 11.1 Å². The van der Waals surface area contributed by atoms with Gasteiger partial charge in [0, 0.05) is 20.0 Å². The fourth-order valence-electron chi connectivity index (χ4n) is 3.63. The number of benzene rings is 2. The summed E-state index contributed by atoms with van der Waals surface area (Å²) in [5.41, 5.74) is 3.32. The van der Waals surface area contributed by atoms with Gasteiger partial charge in [-0.3, -0.25) is 4.79 Å². The molecule has 3 rings (SSSR count). The molecule has 4 nitrogen and oxygen atoms in total. The Balaban J connectivity index is 1.53. The molecule has 0 bridgehead atoms.